The van der Waals surface area contributed by atoms with Gasteiger partial charge < -0.3 is 24.5 Å². The molecule has 0 N–H and O–H groups in total. The van der Waals surface area contributed by atoms with E-state index in [0.29, 0.717) is 6.42 Å². The molecule has 0 amide bonds. The van der Waals surface area contributed by atoms with Crippen LogP contribution in [0.5, 0.6) is 0 Å². The van der Waals surface area contributed by atoms with Crippen molar-refractivity contribution >= 4 is 11.9 Å². The number of carboxylic acids is 2. The number of carbonyl (C=O) groups is 2. The molecule has 0 aliphatic carbocycles. The Kier molecular flexibility index (Phi) is 17.7. The number of methoxy groups -OCH3 is 1. The summed E-state index contributed by atoms with van der Waals surface area (Å²) in [5, 5.41) is 21.6. The normalized spacial score (nSPS) is 13.5. The third kappa shape index (κ3) is 13.6. The minimum Gasteiger partial charge on any atom is -0.545 e. The molecule has 7 heteroatoms. The van der Waals surface area contributed by atoms with Crippen LogP contribution in [0.1, 0.15) is 53.4 Å². The molecule has 0 aliphatic rings. The van der Waals surface area contributed by atoms with E-state index in [4.69, 9.17) is 4.74 Å². The molecule has 5 nitrogen and oxygen atoms in total. The molecule has 0 saturated heterocycles. The maximum absolute atomic E-state index is 11.1. The Morgan fingerprint density at radius 3 is 2.17 bits per heavy atom. The van der Waals surface area contributed by atoms with E-state index in [-0.39, 0.29) is 81.8 Å². The third-order valence-corrected chi connectivity index (χ3v) is 3.73. The van der Waals surface area contributed by atoms with Crippen LogP contribution in [0.25, 0.3) is 0 Å². The predicted molar refractivity (Wildman–Crippen MR) is 80.6 cm³/mol. The summed E-state index contributed by atoms with van der Waals surface area (Å²) in [6.45, 7) is 7.50. The van der Waals surface area contributed by atoms with Crippen LogP contribution in [0, 0.1) is 5.92 Å². The summed E-state index contributed by atoms with van der Waals surface area (Å²) in [6.07, 6.45) is 5.68. The Morgan fingerprint density at radius 1 is 1.21 bits per heavy atom. The SMILES string of the molecule is COC(C)(C)CCCC(C)C/C=C(C(=O)[O-])\C(C)=C/C(=O)[O-].[Na+].[Na+]. The molecular weight excluding hydrogens is 330 g/mol. The van der Waals surface area contributed by atoms with Crippen LogP contribution in [0.2, 0.25) is 0 Å². The molecule has 0 aromatic carbocycles. The molecule has 1 atom stereocenters. The van der Waals surface area contributed by atoms with E-state index in [1.807, 2.05) is 20.8 Å². The third-order valence-electron chi connectivity index (χ3n) is 3.73. The van der Waals surface area contributed by atoms with Crippen LogP contribution in [0.15, 0.2) is 23.3 Å². The Labute approximate surface area is 189 Å². The summed E-state index contributed by atoms with van der Waals surface area (Å²) in [4.78, 5) is 21.6. The van der Waals surface area contributed by atoms with E-state index in [2.05, 4.69) is 0 Å². The Bertz CT molecular complexity index is 456. The fourth-order valence-electron chi connectivity index (χ4n) is 2.08. The van der Waals surface area contributed by atoms with Gasteiger partial charge >= 0.3 is 59.1 Å². The molecule has 1 unspecified atom stereocenters. The van der Waals surface area contributed by atoms with Gasteiger partial charge in [-0.25, -0.2) is 0 Å². The van der Waals surface area contributed by atoms with Gasteiger partial charge in [0.05, 0.1) is 17.5 Å². The summed E-state index contributed by atoms with van der Waals surface area (Å²) >= 11 is 0. The van der Waals surface area contributed by atoms with Gasteiger partial charge in [-0.3, -0.25) is 0 Å². The number of hydrogen-bond donors (Lipinski definition) is 0. The van der Waals surface area contributed by atoms with E-state index in [9.17, 15) is 19.8 Å². The molecule has 0 bridgehead atoms. The first-order chi connectivity index (χ1) is 10.1. The van der Waals surface area contributed by atoms with Crippen LogP contribution in [-0.4, -0.2) is 24.6 Å². The van der Waals surface area contributed by atoms with Gasteiger partial charge in [-0.15, -0.1) is 0 Å². The van der Waals surface area contributed by atoms with E-state index >= 15 is 0 Å². The maximum Gasteiger partial charge on any atom is 1.00 e. The summed E-state index contributed by atoms with van der Waals surface area (Å²) < 4.78 is 5.35. The summed E-state index contributed by atoms with van der Waals surface area (Å²) in [6, 6.07) is 0. The minimum absolute atomic E-state index is 0. The van der Waals surface area contributed by atoms with Gasteiger partial charge in [0.1, 0.15) is 0 Å². The second kappa shape index (κ2) is 14.5. The zero-order valence-corrected chi connectivity index (χ0v) is 20.1. The van der Waals surface area contributed by atoms with Crippen LogP contribution in [0.3, 0.4) is 0 Å². The number of ether oxygens (including phenoxy) is 1. The molecule has 126 valence electrons. The van der Waals surface area contributed by atoms with E-state index < -0.39 is 11.9 Å². The largest absolute Gasteiger partial charge is 1.00 e. The molecule has 24 heavy (non-hydrogen) atoms. The fraction of sp³-hybridized carbons (Fsp3) is 0.647. The first-order valence-corrected chi connectivity index (χ1v) is 7.45. The topological polar surface area (TPSA) is 89.5 Å². The van der Waals surface area contributed by atoms with Crippen LogP contribution in [-0.2, 0) is 14.3 Å². The van der Waals surface area contributed by atoms with Crippen molar-refractivity contribution in [3.05, 3.63) is 23.3 Å². The molecule has 0 spiro atoms. The fourth-order valence-corrected chi connectivity index (χ4v) is 2.08. The predicted octanol–water partition coefficient (Wildman–Crippen LogP) is -5.01. The van der Waals surface area contributed by atoms with Crippen molar-refractivity contribution in [1.82, 2.24) is 0 Å². The zero-order chi connectivity index (χ0) is 17.3. The van der Waals surface area contributed by atoms with Crippen molar-refractivity contribution in [3.63, 3.8) is 0 Å². The van der Waals surface area contributed by atoms with Crippen molar-refractivity contribution < 1.29 is 83.7 Å². The second-order valence-electron chi connectivity index (χ2n) is 6.25. The molecule has 0 saturated carbocycles. The molecular formula is C17H26Na2O5. The van der Waals surface area contributed by atoms with Crippen LogP contribution >= 0.6 is 0 Å². The van der Waals surface area contributed by atoms with Crippen molar-refractivity contribution in [2.75, 3.05) is 7.11 Å². The van der Waals surface area contributed by atoms with Crippen molar-refractivity contribution in [2.45, 2.75) is 59.0 Å². The first kappa shape index (κ1) is 29.2. The molecule has 0 aromatic rings. The number of hydrogen-bond acceptors (Lipinski definition) is 5. The van der Waals surface area contributed by atoms with Crippen molar-refractivity contribution in [3.8, 4) is 0 Å². The minimum atomic E-state index is -1.42. The molecule has 0 rings (SSSR count). The van der Waals surface area contributed by atoms with E-state index in [1.54, 1.807) is 7.11 Å². The summed E-state index contributed by atoms with van der Waals surface area (Å²) in [5.41, 5.74) is -0.111. The van der Waals surface area contributed by atoms with Gasteiger partial charge in [-0.2, -0.15) is 0 Å². The van der Waals surface area contributed by atoms with Gasteiger partial charge in [0.2, 0.25) is 0 Å². The molecule has 0 aliphatic heterocycles. The number of aliphatic carboxylic acids is 2. The van der Waals surface area contributed by atoms with Crippen LogP contribution < -0.4 is 69.3 Å². The van der Waals surface area contributed by atoms with Crippen LogP contribution in [0.4, 0.5) is 0 Å². The number of carboxylic acid groups (broad SMARTS) is 2. The quantitative estimate of drug-likeness (QED) is 0.222. The van der Waals surface area contributed by atoms with Crippen molar-refractivity contribution in [2.24, 2.45) is 5.92 Å². The number of carbonyl (C=O) groups excluding carboxylic acids is 2. The van der Waals surface area contributed by atoms with E-state index in [1.165, 1.54) is 13.0 Å². The van der Waals surface area contributed by atoms with Gasteiger partial charge in [-0.1, -0.05) is 25.8 Å². The van der Waals surface area contributed by atoms with Gasteiger partial charge in [0.25, 0.3) is 0 Å². The molecule has 0 radical (unpaired) electrons. The average molecular weight is 356 g/mol. The maximum atomic E-state index is 11.1. The smallest absolute Gasteiger partial charge is 0.545 e. The first-order valence-electron chi connectivity index (χ1n) is 7.45. The molecule has 0 heterocycles. The van der Waals surface area contributed by atoms with Crippen molar-refractivity contribution in [1.29, 1.82) is 0 Å². The standard InChI is InChI=1S/C17H28O5.2Na/c1-12(7-6-10-17(3,4)22-5)8-9-14(16(20)21)13(2)11-15(18)19;;/h9,11-12H,6-8,10H2,1-5H3,(H,18,19)(H,20,21);;/q;2*+1/p-2/b13-11-,14-9+;;. The summed E-state index contributed by atoms with van der Waals surface area (Å²) in [5.74, 6) is -2.50. The molecule has 0 aromatic heterocycles. The van der Waals surface area contributed by atoms with E-state index in [0.717, 1.165) is 25.3 Å². The Morgan fingerprint density at radius 2 is 1.75 bits per heavy atom. The second-order valence-corrected chi connectivity index (χ2v) is 6.25. The molecule has 0 fully saturated rings. The number of allylic oxidation sites excluding steroid dienone is 1. The Hall–Kier alpha value is 0.380. The van der Waals surface area contributed by atoms with Gasteiger partial charge in [0.15, 0.2) is 0 Å². The number of rotatable bonds is 10. The van der Waals surface area contributed by atoms with Gasteiger partial charge in [0, 0.05) is 7.11 Å². The van der Waals surface area contributed by atoms with Gasteiger partial charge in [-0.05, 0) is 56.8 Å². The summed E-state index contributed by atoms with van der Waals surface area (Å²) in [7, 11) is 1.69. The average Bonchev–Trinajstić information content (AvgIpc) is 2.37. The monoisotopic (exact) mass is 356 g/mol. The zero-order valence-electron chi connectivity index (χ0n) is 16.1. The Balaban J connectivity index is -0.00000220.